The third-order valence-corrected chi connectivity index (χ3v) is 3.54. The summed E-state index contributed by atoms with van der Waals surface area (Å²) >= 11 is 0. The fraction of sp³-hybridized carbons (Fsp3) is 0.200. The average Bonchev–Trinajstić information content (AvgIpc) is 3.19. The van der Waals surface area contributed by atoms with Crippen LogP contribution in [0.1, 0.15) is 12.5 Å². The van der Waals surface area contributed by atoms with Crippen LogP contribution >= 0.6 is 0 Å². The van der Waals surface area contributed by atoms with E-state index in [9.17, 15) is 0 Å². The molecule has 3 rings (SSSR count). The van der Waals surface area contributed by atoms with Gasteiger partial charge in [-0.15, -0.1) is 0 Å². The highest BCUT2D eigenvalue weighted by molar-refractivity contribution is 5.32. The summed E-state index contributed by atoms with van der Waals surface area (Å²) in [6.45, 7) is 2.08. The molecule has 3 aromatic rings. The lowest BCUT2D eigenvalue weighted by atomic mass is 10.0. The van der Waals surface area contributed by atoms with Crippen molar-refractivity contribution in [3.63, 3.8) is 0 Å². The van der Waals surface area contributed by atoms with Crippen molar-refractivity contribution < 1.29 is 4.74 Å². The minimum Gasteiger partial charge on any atom is -0.497 e. The van der Waals surface area contributed by atoms with Crippen molar-refractivity contribution in [2.24, 2.45) is 0 Å². The summed E-state index contributed by atoms with van der Waals surface area (Å²) in [6, 6.07) is 11.8. The summed E-state index contributed by atoms with van der Waals surface area (Å²) in [5, 5.41) is 8.78. The van der Waals surface area contributed by atoms with Crippen LogP contribution in [0.3, 0.4) is 0 Å². The molecule has 0 N–H and O–H groups in total. The Hall–Kier alpha value is -2.56. The molecule has 0 aliphatic heterocycles. The van der Waals surface area contributed by atoms with Crippen LogP contribution in [0.5, 0.6) is 5.75 Å². The van der Waals surface area contributed by atoms with E-state index < -0.39 is 5.66 Å². The number of hydrogen-bond acceptors (Lipinski definition) is 3. The van der Waals surface area contributed by atoms with Gasteiger partial charge in [-0.3, -0.25) is 0 Å². The largest absolute Gasteiger partial charge is 0.497 e. The molecule has 0 atom stereocenters. The molecule has 0 saturated heterocycles. The molecule has 0 aliphatic rings. The summed E-state index contributed by atoms with van der Waals surface area (Å²) < 4.78 is 9.00. The molecule has 0 radical (unpaired) electrons. The minimum atomic E-state index is -0.515. The Morgan fingerprint density at radius 1 is 0.950 bits per heavy atom. The molecule has 2 aromatic heterocycles. The number of ether oxygens (including phenoxy) is 1. The lowest BCUT2D eigenvalue weighted by molar-refractivity contribution is 0.265. The maximum Gasteiger partial charge on any atom is 0.176 e. The monoisotopic (exact) mass is 268 g/mol. The zero-order valence-corrected chi connectivity index (χ0v) is 11.5. The van der Waals surface area contributed by atoms with Crippen LogP contribution in [0, 0.1) is 0 Å². The van der Waals surface area contributed by atoms with Gasteiger partial charge in [0, 0.05) is 30.4 Å². The summed E-state index contributed by atoms with van der Waals surface area (Å²) in [6.07, 6.45) is 7.41. The van der Waals surface area contributed by atoms with Gasteiger partial charge in [0.15, 0.2) is 5.66 Å². The Bertz CT molecular complexity index is 622. The smallest absolute Gasteiger partial charge is 0.176 e. The molecule has 2 heterocycles. The van der Waals surface area contributed by atoms with Gasteiger partial charge in [0.1, 0.15) is 5.75 Å². The highest BCUT2D eigenvalue weighted by Crippen LogP contribution is 2.28. The van der Waals surface area contributed by atoms with Crippen LogP contribution in [-0.2, 0) is 5.66 Å². The van der Waals surface area contributed by atoms with E-state index in [4.69, 9.17) is 4.74 Å². The molecule has 20 heavy (non-hydrogen) atoms. The SMILES string of the molecule is COc1ccc(C(C)(n2cccn2)n2cccn2)cc1. The van der Waals surface area contributed by atoms with Gasteiger partial charge in [0.2, 0.25) is 0 Å². The van der Waals surface area contributed by atoms with Crippen LogP contribution in [-0.4, -0.2) is 26.7 Å². The van der Waals surface area contributed by atoms with Gasteiger partial charge in [-0.1, -0.05) is 12.1 Å². The third kappa shape index (κ3) is 1.87. The molecule has 0 amide bonds. The van der Waals surface area contributed by atoms with Crippen molar-refractivity contribution in [3.8, 4) is 5.75 Å². The molecule has 0 unspecified atom stereocenters. The maximum atomic E-state index is 5.22. The first kappa shape index (κ1) is 12.5. The minimum absolute atomic E-state index is 0.515. The first-order chi connectivity index (χ1) is 9.75. The van der Waals surface area contributed by atoms with Gasteiger partial charge in [-0.2, -0.15) is 10.2 Å². The summed E-state index contributed by atoms with van der Waals surface area (Å²) in [5.41, 5.74) is 0.560. The van der Waals surface area contributed by atoms with Gasteiger partial charge in [0.25, 0.3) is 0 Å². The molecule has 0 spiro atoms. The number of hydrogen-bond donors (Lipinski definition) is 0. The van der Waals surface area contributed by atoms with E-state index in [1.807, 2.05) is 58.2 Å². The van der Waals surface area contributed by atoms with Gasteiger partial charge in [0.05, 0.1) is 7.11 Å². The molecule has 1 aromatic carbocycles. The molecule has 5 heteroatoms. The molecule has 0 fully saturated rings. The number of rotatable bonds is 4. The normalized spacial score (nSPS) is 11.5. The lowest BCUT2D eigenvalue weighted by Gasteiger charge is -2.31. The van der Waals surface area contributed by atoms with Crippen LogP contribution in [0.4, 0.5) is 0 Å². The fourth-order valence-corrected chi connectivity index (χ4v) is 2.33. The Morgan fingerprint density at radius 3 is 1.90 bits per heavy atom. The first-order valence-corrected chi connectivity index (χ1v) is 6.40. The van der Waals surface area contributed by atoms with Gasteiger partial charge in [-0.25, -0.2) is 9.36 Å². The summed E-state index contributed by atoms with van der Waals surface area (Å²) in [5.74, 6) is 0.831. The van der Waals surface area contributed by atoms with E-state index in [0.717, 1.165) is 11.3 Å². The van der Waals surface area contributed by atoms with Crippen LogP contribution in [0.15, 0.2) is 61.2 Å². The number of methoxy groups -OCH3 is 1. The van der Waals surface area contributed by atoms with Crippen molar-refractivity contribution in [3.05, 3.63) is 66.7 Å². The molecule has 0 bridgehead atoms. The van der Waals surface area contributed by atoms with Crippen molar-refractivity contribution >= 4 is 0 Å². The van der Waals surface area contributed by atoms with Crippen LogP contribution in [0.25, 0.3) is 0 Å². The van der Waals surface area contributed by atoms with E-state index in [1.54, 1.807) is 19.5 Å². The van der Waals surface area contributed by atoms with Gasteiger partial charge < -0.3 is 4.74 Å². The van der Waals surface area contributed by atoms with Crippen molar-refractivity contribution in [1.82, 2.24) is 19.6 Å². The number of benzene rings is 1. The second kappa shape index (κ2) is 4.85. The molecular weight excluding hydrogens is 252 g/mol. The molecule has 0 aliphatic carbocycles. The van der Waals surface area contributed by atoms with Crippen molar-refractivity contribution in [2.45, 2.75) is 12.6 Å². The average molecular weight is 268 g/mol. The lowest BCUT2D eigenvalue weighted by Crippen LogP contribution is -2.40. The molecule has 0 saturated carbocycles. The Labute approximate surface area is 117 Å². The van der Waals surface area contributed by atoms with Gasteiger partial charge in [-0.05, 0) is 31.2 Å². The number of nitrogens with zero attached hydrogens (tertiary/aromatic N) is 4. The van der Waals surface area contributed by atoms with E-state index in [-0.39, 0.29) is 0 Å². The standard InChI is InChI=1S/C15H16N4O/c1-15(18-11-3-9-16-18,19-12-4-10-17-19)13-5-7-14(20-2)8-6-13/h3-12H,1-2H3. The van der Waals surface area contributed by atoms with Crippen molar-refractivity contribution in [2.75, 3.05) is 7.11 Å². The Morgan fingerprint density at radius 2 is 1.50 bits per heavy atom. The Balaban J connectivity index is 2.15. The fourth-order valence-electron chi connectivity index (χ4n) is 2.33. The zero-order valence-electron chi connectivity index (χ0n) is 11.5. The Kier molecular flexibility index (Phi) is 3.02. The summed E-state index contributed by atoms with van der Waals surface area (Å²) in [7, 11) is 1.66. The number of aromatic nitrogens is 4. The highest BCUT2D eigenvalue weighted by atomic mass is 16.5. The molecule has 102 valence electrons. The second-order valence-corrected chi connectivity index (χ2v) is 4.65. The maximum absolute atomic E-state index is 5.22. The molecule has 5 nitrogen and oxygen atoms in total. The summed E-state index contributed by atoms with van der Waals surface area (Å²) in [4.78, 5) is 0. The van der Waals surface area contributed by atoms with E-state index in [0.29, 0.717) is 0 Å². The van der Waals surface area contributed by atoms with Crippen molar-refractivity contribution in [1.29, 1.82) is 0 Å². The molecular formula is C15H16N4O. The van der Waals surface area contributed by atoms with Gasteiger partial charge >= 0.3 is 0 Å². The highest BCUT2D eigenvalue weighted by Gasteiger charge is 2.31. The van der Waals surface area contributed by atoms with Crippen LogP contribution in [0.2, 0.25) is 0 Å². The first-order valence-electron chi connectivity index (χ1n) is 6.40. The van der Waals surface area contributed by atoms with E-state index in [2.05, 4.69) is 17.1 Å². The zero-order chi connectivity index (χ0) is 14.0. The quantitative estimate of drug-likeness (QED) is 0.729. The third-order valence-electron chi connectivity index (χ3n) is 3.54. The van der Waals surface area contributed by atoms with E-state index >= 15 is 0 Å². The predicted molar refractivity (Wildman–Crippen MR) is 75.6 cm³/mol. The van der Waals surface area contributed by atoms with E-state index in [1.165, 1.54) is 0 Å². The van der Waals surface area contributed by atoms with Crippen LogP contribution < -0.4 is 4.74 Å². The topological polar surface area (TPSA) is 44.9 Å². The second-order valence-electron chi connectivity index (χ2n) is 4.65. The predicted octanol–water partition coefficient (Wildman–Crippen LogP) is 2.36.